The van der Waals surface area contributed by atoms with Crippen LogP contribution in [0.3, 0.4) is 0 Å². The molecule has 0 bridgehead atoms. The summed E-state index contributed by atoms with van der Waals surface area (Å²) in [7, 11) is 3.20. The van der Waals surface area contributed by atoms with Crippen molar-refractivity contribution in [1.29, 1.82) is 0 Å². The molecule has 0 fully saturated rings. The zero-order chi connectivity index (χ0) is 14.3. The van der Waals surface area contributed by atoms with Crippen molar-refractivity contribution in [2.75, 3.05) is 14.2 Å². The Morgan fingerprint density at radius 1 is 1.00 bits per heavy atom. The van der Waals surface area contributed by atoms with E-state index in [1.807, 2.05) is 6.92 Å². The van der Waals surface area contributed by atoms with Gasteiger partial charge < -0.3 is 13.9 Å². The van der Waals surface area contributed by atoms with Crippen LogP contribution >= 0.6 is 0 Å². The SMILES string of the molecule is CCCCc1c(COC)oc(COC)c(CC)c1=O. The second-order valence-corrected chi connectivity index (χ2v) is 4.56. The lowest BCUT2D eigenvalue weighted by Gasteiger charge is -2.13. The maximum absolute atomic E-state index is 12.5. The van der Waals surface area contributed by atoms with Crippen LogP contribution in [0.1, 0.15) is 49.3 Å². The molecule has 0 aromatic carbocycles. The highest BCUT2D eigenvalue weighted by Gasteiger charge is 2.17. The van der Waals surface area contributed by atoms with Crippen molar-refractivity contribution in [1.82, 2.24) is 0 Å². The molecule has 0 radical (unpaired) electrons. The summed E-state index contributed by atoms with van der Waals surface area (Å²) in [4.78, 5) is 12.5. The molecule has 0 aliphatic heterocycles. The van der Waals surface area contributed by atoms with Crippen molar-refractivity contribution in [2.24, 2.45) is 0 Å². The van der Waals surface area contributed by atoms with Crippen LogP contribution < -0.4 is 5.43 Å². The summed E-state index contributed by atoms with van der Waals surface area (Å²) >= 11 is 0. The quantitative estimate of drug-likeness (QED) is 0.727. The molecule has 0 atom stereocenters. The molecular formula is C15H24O4. The fourth-order valence-corrected chi connectivity index (χ4v) is 2.17. The zero-order valence-corrected chi connectivity index (χ0v) is 12.4. The van der Waals surface area contributed by atoms with E-state index >= 15 is 0 Å². The Morgan fingerprint density at radius 3 is 2.05 bits per heavy atom. The van der Waals surface area contributed by atoms with Crippen molar-refractivity contribution in [3.63, 3.8) is 0 Å². The number of ether oxygens (including phenoxy) is 2. The first kappa shape index (κ1) is 15.9. The van der Waals surface area contributed by atoms with Gasteiger partial charge in [-0.2, -0.15) is 0 Å². The number of unbranched alkanes of at least 4 members (excludes halogenated alkanes) is 1. The summed E-state index contributed by atoms with van der Waals surface area (Å²) in [5.74, 6) is 1.27. The number of hydrogen-bond donors (Lipinski definition) is 0. The highest BCUT2D eigenvalue weighted by Crippen LogP contribution is 2.17. The van der Waals surface area contributed by atoms with Gasteiger partial charge in [0.25, 0.3) is 0 Å². The normalized spacial score (nSPS) is 10.9. The Kier molecular flexibility index (Phi) is 6.81. The van der Waals surface area contributed by atoms with Gasteiger partial charge in [-0.25, -0.2) is 0 Å². The fraction of sp³-hybridized carbons (Fsp3) is 0.667. The van der Waals surface area contributed by atoms with Gasteiger partial charge in [0, 0.05) is 25.3 Å². The maximum atomic E-state index is 12.5. The lowest BCUT2D eigenvalue weighted by atomic mass is 10.0. The molecule has 0 aliphatic carbocycles. The molecular weight excluding hydrogens is 244 g/mol. The lowest BCUT2D eigenvalue weighted by molar-refractivity contribution is 0.135. The first-order chi connectivity index (χ1) is 9.19. The van der Waals surface area contributed by atoms with Gasteiger partial charge in [-0.3, -0.25) is 4.79 Å². The molecule has 0 saturated heterocycles. The number of hydrogen-bond acceptors (Lipinski definition) is 4. The summed E-state index contributed by atoms with van der Waals surface area (Å²) in [6.45, 7) is 4.72. The second kappa shape index (κ2) is 8.12. The molecule has 0 spiro atoms. The highest BCUT2D eigenvalue weighted by atomic mass is 16.5. The molecule has 4 heteroatoms. The fourth-order valence-electron chi connectivity index (χ4n) is 2.17. The number of rotatable bonds is 8. The van der Waals surface area contributed by atoms with Gasteiger partial charge >= 0.3 is 0 Å². The Bertz CT molecular complexity index is 448. The second-order valence-electron chi connectivity index (χ2n) is 4.56. The van der Waals surface area contributed by atoms with E-state index in [4.69, 9.17) is 13.9 Å². The van der Waals surface area contributed by atoms with Crippen LogP contribution in [0.15, 0.2) is 9.21 Å². The van der Waals surface area contributed by atoms with Gasteiger partial charge in [-0.1, -0.05) is 20.3 Å². The van der Waals surface area contributed by atoms with Crippen molar-refractivity contribution in [3.05, 3.63) is 32.9 Å². The van der Waals surface area contributed by atoms with Crippen molar-refractivity contribution < 1.29 is 13.9 Å². The van der Waals surface area contributed by atoms with Gasteiger partial charge in [-0.05, 0) is 19.3 Å². The van der Waals surface area contributed by atoms with E-state index in [0.717, 1.165) is 30.4 Å². The summed E-state index contributed by atoms with van der Waals surface area (Å²) in [5, 5.41) is 0. The summed E-state index contributed by atoms with van der Waals surface area (Å²) in [6, 6.07) is 0. The standard InChI is InChI=1S/C15H24O4/c1-5-7-8-12-14(10-18-4)19-13(9-17-3)11(6-2)15(12)16/h5-10H2,1-4H3. The molecule has 1 aromatic heterocycles. The van der Waals surface area contributed by atoms with Crippen LogP contribution in [-0.4, -0.2) is 14.2 Å². The molecule has 0 unspecified atom stereocenters. The van der Waals surface area contributed by atoms with Crippen LogP contribution in [0.2, 0.25) is 0 Å². The largest absolute Gasteiger partial charge is 0.460 e. The molecule has 108 valence electrons. The molecule has 0 N–H and O–H groups in total. The Balaban J connectivity index is 3.29. The van der Waals surface area contributed by atoms with E-state index in [1.165, 1.54) is 0 Å². The third-order valence-corrected chi connectivity index (χ3v) is 3.15. The summed E-state index contributed by atoms with van der Waals surface area (Å²) in [5.41, 5.74) is 1.59. The third kappa shape index (κ3) is 3.91. The Morgan fingerprint density at radius 2 is 1.58 bits per heavy atom. The predicted molar refractivity (Wildman–Crippen MR) is 74.4 cm³/mol. The lowest BCUT2D eigenvalue weighted by Crippen LogP contribution is -2.20. The van der Waals surface area contributed by atoms with E-state index in [2.05, 4.69) is 6.92 Å². The smallest absolute Gasteiger partial charge is 0.191 e. The Labute approximate surface area is 114 Å². The van der Waals surface area contributed by atoms with Crippen LogP contribution in [0.5, 0.6) is 0 Å². The monoisotopic (exact) mass is 268 g/mol. The van der Waals surface area contributed by atoms with Gasteiger partial charge in [0.2, 0.25) is 0 Å². The van der Waals surface area contributed by atoms with E-state index in [9.17, 15) is 4.79 Å². The Hall–Kier alpha value is -1.13. The van der Waals surface area contributed by atoms with Crippen molar-refractivity contribution >= 4 is 0 Å². The van der Waals surface area contributed by atoms with E-state index < -0.39 is 0 Å². The predicted octanol–water partition coefficient (Wildman–Crippen LogP) is 2.84. The van der Waals surface area contributed by atoms with Crippen LogP contribution in [-0.2, 0) is 35.5 Å². The molecule has 1 rings (SSSR count). The molecule has 1 aromatic rings. The minimum Gasteiger partial charge on any atom is -0.460 e. The van der Waals surface area contributed by atoms with Gasteiger partial charge in [-0.15, -0.1) is 0 Å². The van der Waals surface area contributed by atoms with E-state index in [-0.39, 0.29) is 5.43 Å². The van der Waals surface area contributed by atoms with Crippen LogP contribution in [0.4, 0.5) is 0 Å². The maximum Gasteiger partial charge on any atom is 0.191 e. The first-order valence-corrected chi connectivity index (χ1v) is 6.83. The first-order valence-electron chi connectivity index (χ1n) is 6.83. The summed E-state index contributed by atoms with van der Waals surface area (Å²) < 4.78 is 16.1. The summed E-state index contributed by atoms with van der Waals surface area (Å²) in [6.07, 6.45) is 3.44. The molecule has 0 saturated carbocycles. The minimum atomic E-state index is 0.0984. The molecule has 1 heterocycles. The molecule has 0 amide bonds. The van der Waals surface area contributed by atoms with E-state index in [0.29, 0.717) is 31.2 Å². The van der Waals surface area contributed by atoms with Crippen LogP contribution in [0.25, 0.3) is 0 Å². The average molecular weight is 268 g/mol. The van der Waals surface area contributed by atoms with Gasteiger partial charge in [0.05, 0.1) is 0 Å². The van der Waals surface area contributed by atoms with Crippen molar-refractivity contribution in [3.8, 4) is 0 Å². The topological polar surface area (TPSA) is 48.7 Å². The van der Waals surface area contributed by atoms with Gasteiger partial charge in [0.1, 0.15) is 24.7 Å². The van der Waals surface area contributed by atoms with Gasteiger partial charge in [0.15, 0.2) is 5.43 Å². The molecule has 0 aliphatic rings. The molecule has 4 nitrogen and oxygen atoms in total. The highest BCUT2D eigenvalue weighted by molar-refractivity contribution is 5.28. The van der Waals surface area contributed by atoms with Crippen molar-refractivity contribution in [2.45, 2.75) is 52.7 Å². The zero-order valence-electron chi connectivity index (χ0n) is 12.4. The van der Waals surface area contributed by atoms with Crippen LogP contribution in [0, 0.1) is 0 Å². The minimum absolute atomic E-state index is 0.0984. The molecule has 19 heavy (non-hydrogen) atoms. The average Bonchev–Trinajstić information content (AvgIpc) is 2.39. The van der Waals surface area contributed by atoms with E-state index in [1.54, 1.807) is 14.2 Å². The number of methoxy groups -OCH3 is 2. The third-order valence-electron chi connectivity index (χ3n) is 3.15.